The number of hydrogen-bond donors (Lipinski definition) is 1. The van der Waals surface area contributed by atoms with Crippen molar-refractivity contribution in [2.24, 2.45) is 5.92 Å². The monoisotopic (exact) mass is 422 g/mol. The maximum absolute atomic E-state index is 11.3. The summed E-state index contributed by atoms with van der Waals surface area (Å²) in [6, 6.07) is 0. The molecule has 1 atom stereocenters. The van der Waals surface area contributed by atoms with Gasteiger partial charge in [-0.15, -0.1) is 6.58 Å². The molecule has 30 heavy (non-hydrogen) atoms. The first kappa shape index (κ1) is 29.2. The average Bonchev–Trinajstić information content (AvgIpc) is 2.74. The number of allylic oxidation sites excluding steroid dienone is 1. The zero-order valence-electron chi connectivity index (χ0n) is 20.5. The normalized spacial score (nSPS) is 12.2. The summed E-state index contributed by atoms with van der Waals surface area (Å²) in [5, 5.41) is 9.32. The maximum atomic E-state index is 11.3. The molecular weight excluding hydrogens is 368 g/mol. The van der Waals surface area contributed by atoms with Crippen LogP contribution in [-0.2, 0) is 4.79 Å². The van der Waals surface area contributed by atoms with Gasteiger partial charge in [0.15, 0.2) is 0 Å². The van der Waals surface area contributed by atoms with Gasteiger partial charge in [0.2, 0.25) is 0 Å². The third-order valence-corrected chi connectivity index (χ3v) is 6.47. The number of aliphatic carboxylic acids is 1. The highest BCUT2D eigenvalue weighted by atomic mass is 16.4. The second-order valence-corrected chi connectivity index (χ2v) is 9.41. The van der Waals surface area contributed by atoms with Crippen molar-refractivity contribution in [2.45, 2.75) is 155 Å². The van der Waals surface area contributed by atoms with E-state index in [1.165, 1.54) is 122 Å². The molecule has 0 aliphatic heterocycles. The minimum absolute atomic E-state index is 0.0983. The maximum Gasteiger partial charge on any atom is 0.306 e. The Morgan fingerprint density at radius 3 is 1.30 bits per heavy atom. The second-order valence-electron chi connectivity index (χ2n) is 9.41. The highest BCUT2D eigenvalue weighted by molar-refractivity contribution is 5.69. The van der Waals surface area contributed by atoms with Gasteiger partial charge in [-0.05, 0) is 25.7 Å². The molecule has 0 spiro atoms. The molecule has 0 aliphatic carbocycles. The van der Waals surface area contributed by atoms with Crippen molar-refractivity contribution in [1.82, 2.24) is 0 Å². The quantitative estimate of drug-likeness (QED) is 0.117. The molecule has 0 aromatic heterocycles. The first-order chi connectivity index (χ1) is 14.7. The van der Waals surface area contributed by atoms with E-state index in [-0.39, 0.29) is 5.92 Å². The fourth-order valence-electron chi connectivity index (χ4n) is 4.36. The Balaban J connectivity index is 3.23. The molecule has 2 nitrogen and oxygen atoms in total. The van der Waals surface area contributed by atoms with Crippen LogP contribution in [0.5, 0.6) is 0 Å². The molecule has 0 aromatic rings. The Kier molecular flexibility index (Phi) is 23.8. The van der Waals surface area contributed by atoms with Crippen LogP contribution < -0.4 is 0 Å². The van der Waals surface area contributed by atoms with Crippen LogP contribution in [0.3, 0.4) is 0 Å². The highest BCUT2D eigenvalue weighted by Gasteiger charge is 2.15. The second kappa shape index (κ2) is 24.5. The van der Waals surface area contributed by atoms with Gasteiger partial charge in [-0.1, -0.05) is 135 Å². The first-order valence-electron chi connectivity index (χ1n) is 13.6. The van der Waals surface area contributed by atoms with E-state index < -0.39 is 5.97 Å². The van der Waals surface area contributed by atoms with E-state index in [1.54, 1.807) is 0 Å². The minimum Gasteiger partial charge on any atom is -0.481 e. The molecule has 0 aromatic carbocycles. The van der Waals surface area contributed by atoms with Crippen molar-refractivity contribution in [1.29, 1.82) is 0 Å². The summed E-state index contributed by atoms with van der Waals surface area (Å²) >= 11 is 0. The Labute approximate surface area is 189 Å². The smallest absolute Gasteiger partial charge is 0.306 e. The largest absolute Gasteiger partial charge is 0.481 e. The Hall–Kier alpha value is -0.790. The van der Waals surface area contributed by atoms with Crippen molar-refractivity contribution < 1.29 is 9.90 Å². The van der Waals surface area contributed by atoms with Gasteiger partial charge in [-0.25, -0.2) is 0 Å². The van der Waals surface area contributed by atoms with Crippen LogP contribution in [0.2, 0.25) is 0 Å². The zero-order valence-corrected chi connectivity index (χ0v) is 20.5. The molecule has 0 bridgehead atoms. The van der Waals surface area contributed by atoms with Gasteiger partial charge in [0.05, 0.1) is 5.92 Å². The number of carboxylic acids is 1. The standard InChI is InChI=1S/C28H54O2/c1-3-5-7-8-9-10-11-12-13-14-15-16-17-18-19-20-21-22-24-26-27(28(29)30)25-23-6-4-2/h3,27H,1,4-26H2,2H3,(H,29,30). The molecule has 0 aliphatic rings. The summed E-state index contributed by atoms with van der Waals surface area (Å²) in [7, 11) is 0. The lowest BCUT2D eigenvalue weighted by atomic mass is 9.94. The molecule has 0 amide bonds. The number of hydrogen-bond acceptors (Lipinski definition) is 1. The SMILES string of the molecule is C=CCCCCCCCCCCCCCCCCCCCC(CCCCC)C(=O)O. The van der Waals surface area contributed by atoms with Crippen molar-refractivity contribution >= 4 is 5.97 Å². The Bertz CT molecular complexity index is 364. The summed E-state index contributed by atoms with van der Waals surface area (Å²) in [5.74, 6) is -0.677. The summed E-state index contributed by atoms with van der Waals surface area (Å²) < 4.78 is 0. The predicted molar refractivity (Wildman–Crippen MR) is 133 cm³/mol. The third kappa shape index (κ3) is 21.9. The Morgan fingerprint density at radius 1 is 0.633 bits per heavy atom. The van der Waals surface area contributed by atoms with Crippen LogP contribution in [0.1, 0.15) is 155 Å². The topological polar surface area (TPSA) is 37.3 Å². The van der Waals surface area contributed by atoms with Gasteiger partial charge in [0, 0.05) is 0 Å². The Morgan fingerprint density at radius 2 is 0.967 bits per heavy atom. The molecular formula is C28H54O2. The van der Waals surface area contributed by atoms with E-state index >= 15 is 0 Å². The molecule has 2 heteroatoms. The van der Waals surface area contributed by atoms with E-state index in [4.69, 9.17) is 0 Å². The fraction of sp³-hybridized carbons (Fsp3) is 0.893. The van der Waals surface area contributed by atoms with E-state index in [0.29, 0.717) is 0 Å². The number of unbranched alkanes of at least 4 members (excludes halogenated alkanes) is 19. The van der Waals surface area contributed by atoms with Crippen molar-refractivity contribution in [2.75, 3.05) is 0 Å². The minimum atomic E-state index is -0.578. The molecule has 0 rings (SSSR count). The summed E-state index contributed by atoms with van der Waals surface area (Å²) in [4.78, 5) is 11.3. The number of carboxylic acid groups (broad SMARTS) is 1. The van der Waals surface area contributed by atoms with Crippen LogP contribution in [0, 0.1) is 5.92 Å². The number of carbonyl (C=O) groups is 1. The van der Waals surface area contributed by atoms with E-state index in [2.05, 4.69) is 13.5 Å². The molecule has 0 heterocycles. The van der Waals surface area contributed by atoms with Crippen LogP contribution >= 0.6 is 0 Å². The van der Waals surface area contributed by atoms with E-state index in [1.807, 2.05) is 6.08 Å². The van der Waals surface area contributed by atoms with Gasteiger partial charge in [-0.2, -0.15) is 0 Å². The first-order valence-corrected chi connectivity index (χ1v) is 13.6. The van der Waals surface area contributed by atoms with Gasteiger partial charge in [-0.3, -0.25) is 4.79 Å². The van der Waals surface area contributed by atoms with Crippen LogP contribution in [0.4, 0.5) is 0 Å². The van der Waals surface area contributed by atoms with Gasteiger partial charge < -0.3 is 5.11 Å². The predicted octanol–water partition coefficient (Wildman–Crippen LogP) is 9.87. The zero-order chi connectivity index (χ0) is 22.1. The lowest BCUT2D eigenvalue weighted by Gasteiger charge is -2.11. The molecule has 178 valence electrons. The van der Waals surface area contributed by atoms with Gasteiger partial charge in [0.25, 0.3) is 0 Å². The van der Waals surface area contributed by atoms with Gasteiger partial charge >= 0.3 is 5.97 Å². The highest BCUT2D eigenvalue weighted by Crippen LogP contribution is 2.19. The fourth-order valence-corrected chi connectivity index (χ4v) is 4.36. The summed E-state index contributed by atoms with van der Waals surface area (Å²) in [6.45, 7) is 5.95. The van der Waals surface area contributed by atoms with Crippen molar-refractivity contribution in [3.8, 4) is 0 Å². The van der Waals surface area contributed by atoms with E-state index in [0.717, 1.165) is 25.7 Å². The van der Waals surface area contributed by atoms with Crippen LogP contribution in [-0.4, -0.2) is 11.1 Å². The number of rotatable bonds is 25. The summed E-state index contributed by atoms with van der Waals surface area (Å²) in [6.07, 6.45) is 31.6. The third-order valence-electron chi connectivity index (χ3n) is 6.47. The molecule has 0 saturated carbocycles. The average molecular weight is 423 g/mol. The van der Waals surface area contributed by atoms with Crippen LogP contribution in [0.25, 0.3) is 0 Å². The van der Waals surface area contributed by atoms with Gasteiger partial charge in [0.1, 0.15) is 0 Å². The van der Waals surface area contributed by atoms with Crippen molar-refractivity contribution in [3.05, 3.63) is 12.7 Å². The lowest BCUT2D eigenvalue weighted by molar-refractivity contribution is -0.142. The van der Waals surface area contributed by atoms with Crippen molar-refractivity contribution in [3.63, 3.8) is 0 Å². The molecule has 0 fully saturated rings. The molecule has 0 radical (unpaired) electrons. The van der Waals surface area contributed by atoms with E-state index in [9.17, 15) is 9.90 Å². The van der Waals surface area contributed by atoms with Crippen LogP contribution in [0.15, 0.2) is 12.7 Å². The molecule has 0 saturated heterocycles. The molecule has 1 N–H and O–H groups in total. The molecule has 1 unspecified atom stereocenters. The summed E-state index contributed by atoms with van der Waals surface area (Å²) in [5.41, 5.74) is 0. The lowest BCUT2D eigenvalue weighted by Crippen LogP contribution is -2.13.